The molecule has 7 nitrogen and oxygen atoms in total. The van der Waals surface area contributed by atoms with Gasteiger partial charge in [0, 0.05) is 16.4 Å². The molecule has 25 heavy (non-hydrogen) atoms. The maximum atomic E-state index is 12.3. The maximum Gasteiger partial charge on any atom is 0.249 e. The maximum absolute atomic E-state index is 12.3. The lowest BCUT2D eigenvalue weighted by Crippen LogP contribution is -2.25. The Kier molecular flexibility index (Phi) is 5.18. The standard InChI is InChI=1S/C17H18BrN5O2/c1-12-7-8-19-23(12)13(2)17(24)21-15-9-20-22(10-15)11-25-16-5-3-14(18)4-6-16/h3-10,13H,11H2,1-2H3,(H,21,24). The van der Waals surface area contributed by atoms with Crippen LogP contribution in [0.25, 0.3) is 0 Å². The first kappa shape index (κ1) is 17.2. The third-order valence-corrected chi connectivity index (χ3v) is 4.22. The Bertz CT molecular complexity index is 856. The van der Waals surface area contributed by atoms with Crippen LogP contribution in [0.1, 0.15) is 18.7 Å². The van der Waals surface area contributed by atoms with E-state index in [0.29, 0.717) is 5.69 Å². The minimum Gasteiger partial charge on any atom is -0.471 e. The topological polar surface area (TPSA) is 74.0 Å². The zero-order valence-corrected chi connectivity index (χ0v) is 15.5. The van der Waals surface area contributed by atoms with Crippen molar-refractivity contribution in [3.63, 3.8) is 0 Å². The first-order valence-corrected chi connectivity index (χ1v) is 8.54. The van der Waals surface area contributed by atoms with Gasteiger partial charge in [0.1, 0.15) is 11.8 Å². The lowest BCUT2D eigenvalue weighted by molar-refractivity contribution is -0.119. The van der Waals surface area contributed by atoms with Crippen molar-refractivity contribution in [2.45, 2.75) is 26.6 Å². The van der Waals surface area contributed by atoms with Gasteiger partial charge in [0.2, 0.25) is 5.91 Å². The Balaban J connectivity index is 1.57. The number of aromatic nitrogens is 4. The molecule has 1 amide bonds. The van der Waals surface area contributed by atoms with Gasteiger partial charge in [-0.05, 0) is 44.2 Å². The van der Waals surface area contributed by atoms with E-state index < -0.39 is 6.04 Å². The summed E-state index contributed by atoms with van der Waals surface area (Å²) in [6.07, 6.45) is 4.99. The summed E-state index contributed by atoms with van der Waals surface area (Å²) in [7, 11) is 0. The summed E-state index contributed by atoms with van der Waals surface area (Å²) in [5.41, 5.74) is 1.54. The number of anilines is 1. The third-order valence-electron chi connectivity index (χ3n) is 3.69. The molecule has 1 unspecified atom stereocenters. The van der Waals surface area contributed by atoms with E-state index in [1.165, 1.54) is 0 Å². The van der Waals surface area contributed by atoms with Gasteiger partial charge in [-0.1, -0.05) is 15.9 Å². The molecule has 2 heterocycles. The van der Waals surface area contributed by atoms with Gasteiger partial charge in [-0.15, -0.1) is 0 Å². The van der Waals surface area contributed by atoms with Gasteiger partial charge in [0.25, 0.3) is 0 Å². The van der Waals surface area contributed by atoms with Crippen LogP contribution in [-0.2, 0) is 11.5 Å². The predicted octanol–water partition coefficient (Wildman–Crippen LogP) is 3.39. The summed E-state index contributed by atoms with van der Waals surface area (Å²) in [5.74, 6) is 0.590. The van der Waals surface area contributed by atoms with E-state index >= 15 is 0 Å². The molecule has 130 valence electrons. The molecule has 0 radical (unpaired) electrons. The normalized spacial score (nSPS) is 12.0. The molecule has 0 saturated heterocycles. The number of halogens is 1. The second-order valence-electron chi connectivity index (χ2n) is 5.58. The lowest BCUT2D eigenvalue weighted by atomic mass is 10.3. The number of hydrogen-bond acceptors (Lipinski definition) is 4. The second-order valence-corrected chi connectivity index (χ2v) is 6.49. The Morgan fingerprint density at radius 3 is 2.72 bits per heavy atom. The van der Waals surface area contributed by atoms with Gasteiger partial charge >= 0.3 is 0 Å². The minimum absolute atomic E-state index is 0.153. The molecule has 1 atom stereocenters. The van der Waals surface area contributed by atoms with Crippen LogP contribution in [0, 0.1) is 6.92 Å². The Morgan fingerprint density at radius 1 is 1.28 bits per heavy atom. The molecule has 0 fully saturated rings. The molecule has 2 aromatic heterocycles. The van der Waals surface area contributed by atoms with Crippen LogP contribution in [0.2, 0.25) is 0 Å². The fourth-order valence-corrected chi connectivity index (χ4v) is 2.58. The molecule has 1 aromatic carbocycles. The van der Waals surface area contributed by atoms with E-state index in [-0.39, 0.29) is 12.6 Å². The van der Waals surface area contributed by atoms with E-state index in [0.717, 1.165) is 15.9 Å². The monoisotopic (exact) mass is 403 g/mol. The number of nitrogens with zero attached hydrogens (tertiary/aromatic N) is 4. The average Bonchev–Trinajstić information content (AvgIpc) is 3.22. The zero-order chi connectivity index (χ0) is 17.8. The highest BCUT2D eigenvalue weighted by atomic mass is 79.9. The van der Waals surface area contributed by atoms with E-state index in [1.54, 1.807) is 34.9 Å². The van der Waals surface area contributed by atoms with Gasteiger partial charge in [0.15, 0.2) is 6.73 Å². The number of benzene rings is 1. The van der Waals surface area contributed by atoms with Crippen LogP contribution in [0.5, 0.6) is 5.75 Å². The summed E-state index contributed by atoms with van der Waals surface area (Å²) in [5, 5.41) is 11.2. The Hall–Kier alpha value is -2.61. The SMILES string of the molecule is Cc1ccnn1C(C)C(=O)Nc1cnn(COc2ccc(Br)cc2)c1. The fraction of sp³-hybridized carbons (Fsp3) is 0.235. The predicted molar refractivity (Wildman–Crippen MR) is 97.3 cm³/mol. The molecule has 0 aliphatic rings. The van der Waals surface area contributed by atoms with Crippen molar-refractivity contribution in [1.82, 2.24) is 19.6 Å². The fourth-order valence-electron chi connectivity index (χ4n) is 2.31. The average molecular weight is 404 g/mol. The van der Waals surface area contributed by atoms with Crippen LogP contribution < -0.4 is 10.1 Å². The number of rotatable bonds is 6. The summed E-state index contributed by atoms with van der Waals surface area (Å²) in [4.78, 5) is 12.3. The number of aryl methyl sites for hydroxylation is 1. The highest BCUT2D eigenvalue weighted by Crippen LogP contribution is 2.17. The quantitative estimate of drug-likeness (QED) is 0.684. The molecule has 0 aliphatic carbocycles. The van der Waals surface area contributed by atoms with Crippen LogP contribution >= 0.6 is 15.9 Å². The van der Waals surface area contributed by atoms with Crippen LogP contribution in [0.15, 0.2) is 53.4 Å². The second kappa shape index (κ2) is 7.52. The van der Waals surface area contributed by atoms with E-state index in [2.05, 4.69) is 31.4 Å². The number of nitrogens with one attached hydrogen (secondary N) is 1. The molecular weight excluding hydrogens is 386 g/mol. The first-order chi connectivity index (χ1) is 12.0. The lowest BCUT2D eigenvalue weighted by Gasteiger charge is -2.13. The van der Waals surface area contributed by atoms with Gasteiger partial charge in [-0.3, -0.25) is 9.48 Å². The highest BCUT2D eigenvalue weighted by Gasteiger charge is 2.17. The summed E-state index contributed by atoms with van der Waals surface area (Å²) in [6.45, 7) is 3.97. The molecule has 0 spiro atoms. The number of hydrogen-bond donors (Lipinski definition) is 1. The van der Waals surface area contributed by atoms with E-state index in [9.17, 15) is 4.79 Å². The molecule has 0 bridgehead atoms. The van der Waals surface area contributed by atoms with E-state index in [1.807, 2.05) is 37.3 Å². The smallest absolute Gasteiger partial charge is 0.249 e. The highest BCUT2D eigenvalue weighted by molar-refractivity contribution is 9.10. The minimum atomic E-state index is -0.405. The van der Waals surface area contributed by atoms with Crippen molar-refractivity contribution in [2.75, 3.05) is 5.32 Å². The Labute approximate surface area is 153 Å². The summed E-state index contributed by atoms with van der Waals surface area (Å²) in [6, 6.07) is 9.00. The molecule has 3 aromatic rings. The van der Waals surface area contributed by atoms with E-state index in [4.69, 9.17) is 4.74 Å². The van der Waals surface area contributed by atoms with Crippen molar-refractivity contribution < 1.29 is 9.53 Å². The van der Waals surface area contributed by atoms with Crippen LogP contribution in [-0.4, -0.2) is 25.5 Å². The van der Waals surface area contributed by atoms with Crippen LogP contribution in [0.4, 0.5) is 5.69 Å². The molecule has 0 aliphatic heterocycles. The largest absolute Gasteiger partial charge is 0.471 e. The zero-order valence-electron chi connectivity index (χ0n) is 13.9. The van der Waals surface area contributed by atoms with Crippen molar-refractivity contribution >= 4 is 27.5 Å². The van der Waals surface area contributed by atoms with Crippen molar-refractivity contribution in [2.24, 2.45) is 0 Å². The van der Waals surface area contributed by atoms with Crippen molar-refractivity contribution in [1.29, 1.82) is 0 Å². The molecule has 0 saturated carbocycles. The number of ether oxygens (including phenoxy) is 1. The third kappa shape index (κ3) is 4.27. The molecule has 3 rings (SSSR count). The molecule has 8 heteroatoms. The summed E-state index contributed by atoms with van der Waals surface area (Å²) >= 11 is 3.38. The van der Waals surface area contributed by atoms with Gasteiger partial charge in [-0.25, -0.2) is 4.68 Å². The van der Waals surface area contributed by atoms with Gasteiger partial charge in [0.05, 0.1) is 18.1 Å². The number of amides is 1. The number of carbonyl (C=O) groups is 1. The molecular formula is C17H18BrN5O2. The van der Waals surface area contributed by atoms with Gasteiger partial charge in [-0.2, -0.15) is 10.2 Å². The van der Waals surface area contributed by atoms with Crippen LogP contribution in [0.3, 0.4) is 0 Å². The molecule has 1 N–H and O–H groups in total. The Morgan fingerprint density at radius 2 is 2.04 bits per heavy atom. The van der Waals surface area contributed by atoms with Crippen molar-refractivity contribution in [3.05, 3.63) is 59.1 Å². The summed E-state index contributed by atoms with van der Waals surface area (Å²) < 4.78 is 9.92. The first-order valence-electron chi connectivity index (χ1n) is 7.75. The van der Waals surface area contributed by atoms with Gasteiger partial charge < -0.3 is 10.1 Å². The number of carbonyl (C=O) groups excluding carboxylic acids is 1. The van der Waals surface area contributed by atoms with Crippen molar-refractivity contribution in [3.8, 4) is 5.75 Å².